The summed E-state index contributed by atoms with van der Waals surface area (Å²) in [5, 5.41) is 6.27. The van der Waals surface area contributed by atoms with Crippen LogP contribution >= 0.6 is 0 Å². The van der Waals surface area contributed by atoms with Crippen LogP contribution in [-0.2, 0) is 12.7 Å². The van der Waals surface area contributed by atoms with Crippen molar-refractivity contribution in [3.05, 3.63) is 53.9 Å². The lowest BCUT2D eigenvalue weighted by atomic mass is 10.1. The van der Waals surface area contributed by atoms with Gasteiger partial charge < -0.3 is 15.5 Å². The first kappa shape index (κ1) is 21.8. The van der Waals surface area contributed by atoms with Crippen molar-refractivity contribution >= 4 is 11.9 Å². The van der Waals surface area contributed by atoms with Gasteiger partial charge in [-0.3, -0.25) is 9.89 Å². The van der Waals surface area contributed by atoms with E-state index in [9.17, 15) is 13.2 Å². The molecular weight excluding hydrogens is 395 g/mol. The van der Waals surface area contributed by atoms with Crippen molar-refractivity contribution < 1.29 is 13.2 Å². The third kappa shape index (κ3) is 6.31. The number of aromatic nitrogens is 2. The van der Waals surface area contributed by atoms with Crippen molar-refractivity contribution in [1.29, 1.82) is 0 Å². The number of aliphatic imine (C=N–C) groups is 1. The third-order valence-electron chi connectivity index (χ3n) is 4.87. The van der Waals surface area contributed by atoms with Crippen LogP contribution < -0.4 is 15.5 Å². The molecule has 30 heavy (non-hydrogen) atoms. The maximum atomic E-state index is 12.8. The average molecular weight is 421 g/mol. The van der Waals surface area contributed by atoms with E-state index in [4.69, 9.17) is 0 Å². The summed E-state index contributed by atoms with van der Waals surface area (Å²) in [4.78, 5) is 17.2. The number of hydrogen-bond donors (Lipinski definition) is 2. The molecule has 2 heterocycles. The second-order valence-electron chi connectivity index (χ2n) is 6.93. The Balaban J connectivity index is 1.38. The molecule has 0 unspecified atom stereocenters. The van der Waals surface area contributed by atoms with E-state index in [1.807, 2.05) is 0 Å². The molecule has 2 aromatic rings. The molecule has 0 atom stereocenters. The number of piperazine rings is 1. The largest absolute Gasteiger partial charge is 0.416 e. The Morgan fingerprint density at radius 3 is 2.47 bits per heavy atom. The van der Waals surface area contributed by atoms with Crippen molar-refractivity contribution in [2.24, 2.45) is 4.99 Å². The quantitative estimate of drug-likeness (QED) is 0.549. The minimum Gasteiger partial charge on any atom is -0.355 e. The maximum absolute atomic E-state index is 12.8. The molecule has 0 aliphatic carbocycles. The molecular formula is C20H26F3N7. The highest BCUT2D eigenvalue weighted by atomic mass is 19.4. The molecule has 0 spiro atoms. The Morgan fingerprint density at radius 2 is 1.80 bits per heavy atom. The van der Waals surface area contributed by atoms with Gasteiger partial charge in [-0.2, -0.15) is 13.2 Å². The normalized spacial score (nSPS) is 15.9. The summed E-state index contributed by atoms with van der Waals surface area (Å²) >= 11 is 0. The standard InChI is InChI=1S/C20H26F3N7/c1-24-18(28-15-16-4-2-5-17(14-16)20(21,22)23)25-8-9-29-10-12-30(13-11-29)19-26-6-3-7-27-19/h2-7,14H,8-13,15H2,1H3,(H2,24,25,28). The lowest BCUT2D eigenvalue weighted by Crippen LogP contribution is -2.49. The van der Waals surface area contributed by atoms with Gasteiger partial charge in [-0.25, -0.2) is 9.97 Å². The molecule has 1 aliphatic heterocycles. The van der Waals surface area contributed by atoms with Gasteiger partial charge in [0, 0.05) is 65.3 Å². The Labute approximate surface area is 174 Å². The Kier molecular flexibility index (Phi) is 7.45. The lowest BCUT2D eigenvalue weighted by Gasteiger charge is -2.34. The SMILES string of the molecule is CN=C(NCCN1CCN(c2ncccn2)CC1)NCc1cccc(C(F)(F)F)c1. The summed E-state index contributed by atoms with van der Waals surface area (Å²) in [5.74, 6) is 1.32. The fourth-order valence-corrected chi connectivity index (χ4v) is 3.22. The van der Waals surface area contributed by atoms with Crippen LogP contribution in [0.4, 0.5) is 19.1 Å². The Bertz CT molecular complexity index is 819. The molecule has 10 heteroatoms. The number of halogens is 3. The van der Waals surface area contributed by atoms with Gasteiger partial charge in [0.1, 0.15) is 0 Å². The smallest absolute Gasteiger partial charge is 0.355 e. The maximum Gasteiger partial charge on any atom is 0.416 e. The highest BCUT2D eigenvalue weighted by Gasteiger charge is 2.30. The molecule has 162 valence electrons. The van der Waals surface area contributed by atoms with E-state index in [1.165, 1.54) is 6.07 Å². The summed E-state index contributed by atoms with van der Waals surface area (Å²) in [7, 11) is 1.64. The highest BCUT2D eigenvalue weighted by Crippen LogP contribution is 2.29. The molecule has 3 rings (SSSR count). The van der Waals surface area contributed by atoms with E-state index in [1.54, 1.807) is 31.6 Å². The molecule has 1 aromatic heterocycles. The highest BCUT2D eigenvalue weighted by molar-refractivity contribution is 5.79. The average Bonchev–Trinajstić information content (AvgIpc) is 2.77. The summed E-state index contributed by atoms with van der Waals surface area (Å²) in [6.45, 7) is 5.35. The molecule has 0 amide bonds. The second-order valence-corrected chi connectivity index (χ2v) is 6.93. The van der Waals surface area contributed by atoms with Crippen LogP contribution in [0.3, 0.4) is 0 Å². The van der Waals surface area contributed by atoms with E-state index in [2.05, 4.69) is 35.4 Å². The fourth-order valence-electron chi connectivity index (χ4n) is 3.22. The van der Waals surface area contributed by atoms with Gasteiger partial charge in [-0.15, -0.1) is 0 Å². The van der Waals surface area contributed by atoms with Crippen molar-refractivity contribution in [3.63, 3.8) is 0 Å². The number of nitrogens with zero attached hydrogens (tertiary/aromatic N) is 5. The number of rotatable bonds is 6. The molecule has 1 aromatic carbocycles. The minimum absolute atomic E-state index is 0.263. The van der Waals surface area contributed by atoms with Crippen LogP contribution in [-0.4, -0.2) is 67.1 Å². The summed E-state index contributed by atoms with van der Waals surface area (Å²) in [5.41, 5.74) is -0.100. The molecule has 1 saturated heterocycles. The van der Waals surface area contributed by atoms with Crippen molar-refractivity contribution in [3.8, 4) is 0 Å². The van der Waals surface area contributed by atoms with Crippen LogP contribution in [0.25, 0.3) is 0 Å². The zero-order valence-corrected chi connectivity index (χ0v) is 16.9. The van der Waals surface area contributed by atoms with Crippen molar-refractivity contribution in [2.45, 2.75) is 12.7 Å². The second kappa shape index (κ2) is 10.2. The molecule has 2 N–H and O–H groups in total. The number of nitrogens with one attached hydrogen (secondary N) is 2. The van der Waals surface area contributed by atoms with Gasteiger partial charge in [-0.05, 0) is 23.8 Å². The minimum atomic E-state index is -4.34. The Morgan fingerprint density at radius 1 is 1.07 bits per heavy atom. The molecule has 1 fully saturated rings. The van der Waals surface area contributed by atoms with E-state index < -0.39 is 11.7 Å². The van der Waals surface area contributed by atoms with Gasteiger partial charge in [0.05, 0.1) is 5.56 Å². The van der Waals surface area contributed by atoms with Gasteiger partial charge in [0.15, 0.2) is 5.96 Å². The van der Waals surface area contributed by atoms with Gasteiger partial charge >= 0.3 is 6.18 Å². The molecule has 0 radical (unpaired) electrons. The number of anilines is 1. The van der Waals surface area contributed by atoms with Crippen LogP contribution in [0, 0.1) is 0 Å². The summed E-state index contributed by atoms with van der Waals surface area (Å²) < 4.78 is 38.5. The van der Waals surface area contributed by atoms with Crippen LogP contribution in [0.15, 0.2) is 47.7 Å². The third-order valence-corrected chi connectivity index (χ3v) is 4.87. The first-order valence-corrected chi connectivity index (χ1v) is 9.80. The van der Waals surface area contributed by atoms with Crippen molar-refractivity contribution in [2.75, 3.05) is 51.2 Å². The molecule has 7 nitrogen and oxygen atoms in total. The predicted molar refractivity (Wildman–Crippen MR) is 110 cm³/mol. The first-order chi connectivity index (χ1) is 14.5. The summed E-state index contributed by atoms with van der Waals surface area (Å²) in [6.07, 6.45) is -0.847. The van der Waals surface area contributed by atoms with E-state index in [0.29, 0.717) is 18.1 Å². The molecule has 0 bridgehead atoms. The van der Waals surface area contributed by atoms with Crippen LogP contribution in [0.1, 0.15) is 11.1 Å². The number of hydrogen-bond acceptors (Lipinski definition) is 5. The molecule has 0 saturated carbocycles. The number of alkyl halides is 3. The Hall–Kier alpha value is -2.88. The van der Waals surface area contributed by atoms with Gasteiger partial charge in [0.25, 0.3) is 0 Å². The zero-order valence-electron chi connectivity index (χ0n) is 16.9. The van der Waals surface area contributed by atoms with Gasteiger partial charge in [-0.1, -0.05) is 12.1 Å². The van der Waals surface area contributed by atoms with Gasteiger partial charge in [0.2, 0.25) is 5.95 Å². The van der Waals surface area contributed by atoms with E-state index >= 15 is 0 Å². The first-order valence-electron chi connectivity index (χ1n) is 9.80. The van der Waals surface area contributed by atoms with Crippen molar-refractivity contribution in [1.82, 2.24) is 25.5 Å². The summed E-state index contributed by atoms with van der Waals surface area (Å²) in [6, 6.07) is 7.09. The topological polar surface area (TPSA) is 68.7 Å². The van der Waals surface area contributed by atoms with Crippen LogP contribution in [0.5, 0.6) is 0 Å². The predicted octanol–water partition coefficient (Wildman–Crippen LogP) is 1.98. The fraction of sp³-hybridized carbons (Fsp3) is 0.450. The number of benzene rings is 1. The lowest BCUT2D eigenvalue weighted by molar-refractivity contribution is -0.137. The van der Waals surface area contributed by atoms with E-state index in [0.717, 1.165) is 50.8 Å². The van der Waals surface area contributed by atoms with E-state index in [-0.39, 0.29) is 6.54 Å². The number of guanidine groups is 1. The van der Waals surface area contributed by atoms with Crippen LogP contribution in [0.2, 0.25) is 0 Å². The zero-order chi connectivity index (χ0) is 21.4. The monoisotopic (exact) mass is 421 g/mol. The molecule has 1 aliphatic rings.